The number of rotatable bonds is 1. The number of piperidine rings is 1. The predicted molar refractivity (Wildman–Crippen MR) is 65.9 cm³/mol. The highest BCUT2D eigenvalue weighted by Gasteiger charge is 2.58. The number of nitrogens with one attached hydrogen (secondary N) is 2. The first-order valence-electron chi connectivity index (χ1n) is 5.89. The van der Waals surface area contributed by atoms with Gasteiger partial charge in [0.15, 0.2) is 0 Å². The van der Waals surface area contributed by atoms with Crippen molar-refractivity contribution in [2.45, 2.75) is 11.8 Å². The summed E-state index contributed by atoms with van der Waals surface area (Å²) in [4.78, 5) is 3.13. The first-order valence-corrected chi connectivity index (χ1v) is 6.26. The van der Waals surface area contributed by atoms with Crippen LogP contribution in [0.25, 0.3) is 10.9 Å². The lowest BCUT2D eigenvalue weighted by molar-refractivity contribution is 0.630. The van der Waals surface area contributed by atoms with Crippen molar-refractivity contribution in [2.24, 2.45) is 5.92 Å². The smallest absolute Gasteiger partial charge is 0.143 e. The zero-order chi connectivity index (χ0) is 11.6. The van der Waals surface area contributed by atoms with Crippen LogP contribution in [0.15, 0.2) is 18.3 Å². The zero-order valence-electron chi connectivity index (χ0n) is 9.19. The SMILES string of the molecule is Fc1ccc2c(C34CNCC3C4)c[nH]c2c1Cl. The minimum Gasteiger partial charge on any atom is -0.360 e. The van der Waals surface area contributed by atoms with E-state index in [1.165, 1.54) is 18.1 Å². The molecule has 1 aromatic carbocycles. The van der Waals surface area contributed by atoms with Crippen molar-refractivity contribution >= 4 is 22.5 Å². The third-order valence-electron chi connectivity index (χ3n) is 4.35. The average Bonchev–Trinajstić information content (AvgIpc) is 2.75. The maximum Gasteiger partial charge on any atom is 0.143 e. The normalized spacial score (nSPS) is 30.8. The molecule has 2 nitrogen and oxygen atoms in total. The first kappa shape index (κ1) is 9.92. The number of aromatic nitrogens is 1. The van der Waals surface area contributed by atoms with E-state index in [2.05, 4.69) is 10.3 Å². The Balaban J connectivity index is 1.96. The topological polar surface area (TPSA) is 27.8 Å². The number of hydrogen-bond donors (Lipinski definition) is 2. The number of fused-ring (bicyclic) bond motifs is 2. The van der Waals surface area contributed by atoms with Gasteiger partial charge in [0.25, 0.3) is 0 Å². The Morgan fingerprint density at radius 3 is 3.00 bits per heavy atom. The molecule has 1 saturated carbocycles. The van der Waals surface area contributed by atoms with Gasteiger partial charge in [0.05, 0.1) is 5.52 Å². The highest BCUT2D eigenvalue weighted by molar-refractivity contribution is 6.35. The maximum absolute atomic E-state index is 13.4. The van der Waals surface area contributed by atoms with Crippen molar-refractivity contribution < 1.29 is 4.39 Å². The molecule has 1 aromatic heterocycles. The second kappa shape index (κ2) is 3.03. The summed E-state index contributed by atoms with van der Waals surface area (Å²) in [5, 5.41) is 4.69. The van der Waals surface area contributed by atoms with Crippen LogP contribution in [0, 0.1) is 11.7 Å². The molecule has 17 heavy (non-hydrogen) atoms. The standard InChI is InChI=1S/C13H12ClFN2/c14-11-10(15)2-1-8-9(5-17-12(8)11)13-3-7(13)4-16-6-13/h1-2,5,7,16-17H,3-4,6H2. The van der Waals surface area contributed by atoms with Crippen LogP contribution in [0.2, 0.25) is 5.02 Å². The minimum absolute atomic E-state index is 0.202. The highest BCUT2D eigenvalue weighted by Crippen LogP contribution is 2.58. The molecule has 2 fully saturated rings. The van der Waals surface area contributed by atoms with E-state index in [4.69, 9.17) is 11.6 Å². The molecule has 2 aromatic rings. The summed E-state index contributed by atoms with van der Waals surface area (Å²) in [6.45, 7) is 2.13. The Morgan fingerprint density at radius 2 is 2.29 bits per heavy atom. The van der Waals surface area contributed by atoms with Crippen molar-refractivity contribution in [3.63, 3.8) is 0 Å². The summed E-state index contributed by atoms with van der Waals surface area (Å²) in [5.41, 5.74) is 2.30. The fourth-order valence-corrected chi connectivity index (χ4v) is 3.53. The monoisotopic (exact) mass is 250 g/mol. The van der Waals surface area contributed by atoms with Gasteiger partial charge in [-0.25, -0.2) is 4.39 Å². The largest absolute Gasteiger partial charge is 0.360 e. The Bertz CT molecular complexity index is 621. The molecule has 88 valence electrons. The number of H-pyrrole nitrogens is 1. The van der Waals surface area contributed by atoms with Crippen molar-refractivity contribution in [3.05, 3.63) is 34.7 Å². The second-order valence-corrected chi connectivity index (χ2v) is 5.55. The molecule has 2 heterocycles. The Hall–Kier alpha value is -1.06. The Labute approximate surface area is 103 Å². The van der Waals surface area contributed by atoms with E-state index in [1.54, 1.807) is 0 Å². The molecule has 2 unspecified atom stereocenters. The number of benzene rings is 1. The Kier molecular flexibility index (Phi) is 1.77. The minimum atomic E-state index is -0.359. The number of hydrogen-bond acceptors (Lipinski definition) is 1. The van der Waals surface area contributed by atoms with Gasteiger partial charge in [0, 0.05) is 23.5 Å². The summed E-state index contributed by atoms with van der Waals surface area (Å²) in [6.07, 6.45) is 3.24. The van der Waals surface area contributed by atoms with Gasteiger partial charge in [-0.1, -0.05) is 11.6 Å². The van der Waals surface area contributed by atoms with E-state index in [1.807, 2.05) is 12.3 Å². The molecule has 1 aliphatic carbocycles. The quantitative estimate of drug-likeness (QED) is 0.800. The summed E-state index contributed by atoms with van der Waals surface area (Å²) in [5.74, 6) is 0.382. The predicted octanol–water partition coefficient (Wildman–Crippen LogP) is 2.82. The Morgan fingerprint density at radius 1 is 1.41 bits per heavy atom. The fourth-order valence-electron chi connectivity index (χ4n) is 3.31. The van der Waals surface area contributed by atoms with Crippen LogP contribution < -0.4 is 5.32 Å². The molecule has 0 radical (unpaired) electrons. The van der Waals surface area contributed by atoms with Gasteiger partial charge in [-0.3, -0.25) is 0 Å². The van der Waals surface area contributed by atoms with E-state index >= 15 is 0 Å². The van der Waals surface area contributed by atoms with Crippen molar-refractivity contribution in [1.29, 1.82) is 0 Å². The van der Waals surface area contributed by atoms with Crippen LogP contribution in [0.1, 0.15) is 12.0 Å². The molecule has 2 atom stereocenters. The summed E-state index contributed by atoms with van der Waals surface area (Å²) < 4.78 is 13.4. The molecule has 4 heteroatoms. The summed E-state index contributed by atoms with van der Waals surface area (Å²) >= 11 is 5.98. The lowest BCUT2D eigenvalue weighted by atomic mass is 9.95. The van der Waals surface area contributed by atoms with Crippen molar-refractivity contribution in [1.82, 2.24) is 10.3 Å². The van der Waals surface area contributed by atoms with E-state index in [-0.39, 0.29) is 16.3 Å². The van der Waals surface area contributed by atoms with Crippen LogP contribution in [0.5, 0.6) is 0 Å². The van der Waals surface area contributed by atoms with Crippen molar-refractivity contribution in [2.75, 3.05) is 13.1 Å². The second-order valence-electron chi connectivity index (χ2n) is 5.17. The van der Waals surface area contributed by atoms with Gasteiger partial charge in [-0.15, -0.1) is 0 Å². The molecule has 1 saturated heterocycles. The van der Waals surface area contributed by atoms with Gasteiger partial charge in [0.2, 0.25) is 0 Å². The van der Waals surface area contributed by atoms with Crippen LogP contribution in [0.3, 0.4) is 0 Å². The first-order chi connectivity index (χ1) is 8.22. The van der Waals surface area contributed by atoms with E-state index in [9.17, 15) is 4.39 Å². The molecule has 0 bridgehead atoms. The van der Waals surface area contributed by atoms with Gasteiger partial charge >= 0.3 is 0 Å². The molecule has 4 rings (SSSR count). The van der Waals surface area contributed by atoms with Gasteiger partial charge < -0.3 is 10.3 Å². The fraction of sp³-hybridized carbons (Fsp3) is 0.385. The average molecular weight is 251 g/mol. The molecule has 1 aliphatic heterocycles. The van der Waals surface area contributed by atoms with E-state index < -0.39 is 0 Å². The van der Waals surface area contributed by atoms with Crippen LogP contribution >= 0.6 is 11.6 Å². The molecule has 2 N–H and O–H groups in total. The lowest BCUT2D eigenvalue weighted by Crippen LogP contribution is -2.18. The highest BCUT2D eigenvalue weighted by atomic mass is 35.5. The van der Waals surface area contributed by atoms with Crippen LogP contribution in [0.4, 0.5) is 4.39 Å². The molecular weight excluding hydrogens is 239 g/mol. The maximum atomic E-state index is 13.4. The van der Waals surface area contributed by atoms with Crippen molar-refractivity contribution in [3.8, 4) is 0 Å². The van der Waals surface area contributed by atoms with Gasteiger partial charge in [-0.2, -0.15) is 0 Å². The number of aromatic amines is 1. The molecule has 0 amide bonds. The third kappa shape index (κ3) is 1.14. The van der Waals surface area contributed by atoms with E-state index in [0.29, 0.717) is 0 Å². The van der Waals surface area contributed by atoms with Gasteiger partial charge in [-0.05, 0) is 36.6 Å². The number of halogens is 2. The summed E-state index contributed by atoms with van der Waals surface area (Å²) in [7, 11) is 0. The van der Waals surface area contributed by atoms with E-state index in [0.717, 1.165) is 29.9 Å². The van der Waals surface area contributed by atoms with Crippen LogP contribution in [-0.4, -0.2) is 18.1 Å². The van der Waals surface area contributed by atoms with Gasteiger partial charge in [0.1, 0.15) is 10.8 Å². The molecule has 2 aliphatic rings. The molecular formula is C13H12ClFN2. The van der Waals surface area contributed by atoms with Crippen LogP contribution in [-0.2, 0) is 5.41 Å². The zero-order valence-corrected chi connectivity index (χ0v) is 9.94. The summed E-state index contributed by atoms with van der Waals surface area (Å²) in [6, 6.07) is 3.29. The molecule has 0 spiro atoms. The third-order valence-corrected chi connectivity index (χ3v) is 4.71. The lowest BCUT2D eigenvalue weighted by Gasteiger charge is -2.10.